The van der Waals surface area contributed by atoms with Crippen LogP contribution in [0.5, 0.6) is 0 Å². The van der Waals surface area contributed by atoms with E-state index in [1.807, 2.05) is 45.9 Å². The minimum absolute atomic E-state index is 0.889. The molecule has 0 saturated heterocycles. The second-order valence-corrected chi connectivity index (χ2v) is 2.84. The molecule has 0 aliphatic carbocycles. The molecule has 1 rings (SSSR count). The summed E-state index contributed by atoms with van der Waals surface area (Å²) in [5.74, 6) is 0. The van der Waals surface area contributed by atoms with E-state index in [1.165, 1.54) is 0 Å². The molecule has 2 heteroatoms. The molecule has 0 atom stereocenters. The van der Waals surface area contributed by atoms with Crippen molar-refractivity contribution in [3.05, 3.63) is 42.3 Å². The van der Waals surface area contributed by atoms with E-state index in [0.717, 1.165) is 16.9 Å². The number of aromatic nitrogens is 1. The maximum Gasteiger partial charge on any atom is 0.0914 e. The van der Waals surface area contributed by atoms with Gasteiger partial charge in [-0.05, 0) is 26.0 Å². The highest BCUT2D eigenvalue weighted by molar-refractivity contribution is 5.77. The van der Waals surface area contributed by atoms with E-state index in [0.29, 0.717) is 0 Å². The number of hydrogen-bond donors (Lipinski definition) is 0. The fourth-order valence-corrected chi connectivity index (χ4v) is 1.11. The standard InChI is InChI=1S/C12H14N2.C2H6/c1-4-6-8-14-12-10(3)13-9-7-11(12)5-2;1-2/h4-9H,2H2,1,3H3;1-2H3/b6-4-,14-8?;. The van der Waals surface area contributed by atoms with Gasteiger partial charge in [-0.1, -0.05) is 32.6 Å². The van der Waals surface area contributed by atoms with Crippen molar-refractivity contribution >= 4 is 18.0 Å². The Bertz CT molecular complexity index is 376. The average molecular weight is 216 g/mol. The summed E-state index contributed by atoms with van der Waals surface area (Å²) in [5, 5.41) is 0. The predicted molar refractivity (Wildman–Crippen MR) is 73.4 cm³/mol. The van der Waals surface area contributed by atoms with Gasteiger partial charge in [0.2, 0.25) is 0 Å². The van der Waals surface area contributed by atoms with Crippen LogP contribution in [0.25, 0.3) is 6.08 Å². The Hall–Kier alpha value is -1.70. The summed E-state index contributed by atoms with van der Waals surface area (Å²) in [6, 6.07) is 1.91. The SMILES string of the molecule is C=Cc1ccnc(C)c1N=C/C=C\C.CC. The van der Waals surface area contributed by atoms with Crippen molar-refractivity contribution in [2.45, 2.75) is 27.7 Å². The Morgan fingerprint density at radius 3 is 2.62 bits per heavy atom. The van der Waals surface area contributed by atoms with Gasteiger partial charge >= 0.3 is 0 Å². The maximum absolute atomic E-state index is 4.32. The summed E-state index contributed by atoms with van der Waals surface area (Å²) in [7, 11) is 0. The number of allylic oxidation sites excluding steroid dienone is 2. The molecule has 0 N–H and O–H groups in total. The molecular formula is C14H20N2. The topological polar surface area (TPSA) is 25.2 Å². The zero-order chi connectivity index (χ0) is 12.4. The number of aryl methyl sites for hydroxylation is 1. The van der Waals surface area contributed by atoms with Crippen molar-refractivity contribution in [3.8, 4) is 0 Å². The van der Waals surface area contributed by atoms with Crippen molar-refractivity contribution in [3.63, 3.8) is 0 Å². The van der Waals surface area contributed by atoms with Gasteiger partial charge in [-0.2, -0.15) is 0 Å². The van der Waals surface area contributed by atoms with Gasteiger partial charge in [0.25, 0.3) is 0 Å². The van der Waals surface area contributed by atoms with Gasteiger partial charge < -0.3 is 0 Å². The van der Waals surface area contributed by atoms with Crippen LogP contribution >= 0.6 is 0 Å². The molecule has 1 aromatic heterocycles. The quantitative estimate of drug-likeness (QED) is 0.690. The first-order valence-corrected chi connectivity index (χ1v) is 5.53. The first kappa shape index (κ1) is 14.3. The van der Waals surface area contributed by atoms with Crippen LogP contribution in [0.3, 0.4) is 0 Å². The monoisotopic (exact) mass is 216 g/mol. The lowest BCUT2D eigenvalue weighted by molar-refractivity contribution is 1.18. The Labute approximate surface area is 98.5 Å². The van der Waals surface area contributed by atoms with Gasteiger partial charge in [-0.15, -0.1) is 0 Å². The van der Waals surface area contributed by atoms with Crippen molar-refractivity contribution in [2.75, 3.05) is 0 Å². The number of rotatable bonds is 3. The number of hydrogen-bond acceptors (Lipinski definition) is 2. The molecule has 0 aliphatic rings. The van der Waals surface area contributed by atoms with Crippen LogP contribution in [0.2, 0.25) is 0 Å². The molecule has 0 spiro atoms. The van der Waals surface area contributed by atoms with Gasteiger partial charge in [-0.3, -0.25) is 9.98 Å². The minimum atomic E-state index is 0.889. The highest BCUT2D eigenvalue weighted by Crippen LogP contribution is 2.22. The third kappa shape index (κ3) is 4.22. The smallest absolute Gasteiger partial charge is 0.0914 e. The average Bonchev–Trinajstić information content (AvgIpc) is 2.34. The van der Waals surface area contributed by atoms with Crippen molar-refractivity contribution in [2.24, 2.45) is 4.99 Å². The van der Waals surface area contributed by atoms with E-state index in [2.05, 4.69) is 16.6 Å². The molecule has 0 saturated carbocycles. The zero-order valence-electron chi connectivity index (χ0n) is 10.6. The van der Waals surface area contributed by atoms with Crippen LogP contribution in [0.1, 0.15) is 32.0 Å². The van der Waals surface area contributed by atoms with E-state index in [1.54, 1.807) is 18.5 Å². The summed E-state index contributed by atoms with van der Waals surface area (Å²) in [4.78, 5) is 8.50. The first-order valence-electron chi connectivity index (χ1n) is 5.53. The number of aliphatic imine (C=N–C) groups is 1. The molecule has 1 heterocycles. The molecule has 86 valence electrons. The summed E-state index contributed by atoms with van der Waals surface area (Å²) in [6.45, 7) is 11.6. The summed E-state index contributed by atoms with van der Waals surface area (Å²) in [5.41, 5.74) is 2.82. The second-order valence-electron chi connectivity index (χ2n) is 2.84. The lowest BCUT2D eigenvalue weighted by Crippen LogP contribution is -1.84. The van der Waals surface area contributed by atoms with Crippen molar-refractivity contribution in [1.29, 1.82) is 0 Å². The van der Waals surface area contributed by atoms with Crippen molar-refractivity contribution in [1.82, 2.24) is 4.98 Å². The maximum atomic E-state index is 4.32. The fraction of sp³-hybridized carbons (Fsp3) is 0.286. The van der Waals surface area contributed by atoms with Gasteiger partial charge in [-0.25, -0.2) is 0 Å². The van der Waals surface area contributed by atoms with E-state index in [4.69, 9.17) is 0 Å². The van der Waals surface area contributed by atoms with E-state index in [-0.39, 0.29) is 0 Å². The molecule has 2 nitrogen and oxygen atoms in total. The Kier molecular flexibility index (Phi) is 7.68. The van der Waals surface area contributed by atoms with Crippen LogP contribution in [0.4, 0.5) is 5.69 Å². The third-order valence-corrected chi connectivity index (χ3v) is 1.84. The van der Waals surface area contributed by atoms with Gasteiger partial charge in [0.15, 0.2) is 0 Å². The molecule has 0 bridgehead atoms. The van der Waals surface area contributed by atoms with Crippen LogP contribution in [0, 0.1) is 6.92 Å². The molecule has 0 aliphatic heterocycles. The minimum Gasteiger partial charge on any atom is -0.259 e. The van der Waals surface area contributed by atoms with Gasteiger partial charge in [0, 0.05) is 18.0 Å². The highest BCUT2D eigenvalue weighted by atomic mass is 14.8. The van der Waals surface area contributed by atoms with Gasteiger partial charge in [0.1, 0.15) is 0 Å². The van der Waals surface area contributed by atoms with Crippen LogP contribution in [0.15, 0.2) is 36.0 Å². The van der Waals surface area contributed by atoms with Crippen LogP contribution < -0.4 is 0 Å². The van der Waals surface area contributed by atoms with E-state index in [9.17, 15) is 0 Å². The normalized spacial score (nSPS) is 10.2. The Morgan fingerprint density at radius 2 is 2.06 bits per heavy atom. The molecule has 0 aromatic carbocycles. The van der Waals surface area contributed by atoms with Crippen LogP contribution in [-0.2, 0) is 0 Å². The molecule has 0 fully saturated rings. The van der Waals surface area contributed by atoms with E-state index < -0.39 is 0 Å². The van der Waals surface area contributed by atoms with Crippen LogP contribution in [-0.4, -0.2) is 11.2 Å². The van der Waals surface area contributed by atoms with Gasteiger partial charge in [0.05, 0.1) is 11.4 Å². The molecule has 0 radical (unpaired) electrons. The largest absolute Gasteiger partial charge is 0.259 e. The predicted octanol–water partition coefficient (Wildman–Crippen LogP) is 4.34. The lowest BCUT2D eigenvalue weighted by atomic mass is 10.2. The van der Waals surface area contributed by atoms with E-state index >= 15 is 0 Å². The number of pyridine rings is 1. The zero-order valence-corrected chi connectivity index (χ0v) is 10.6. The second kappa shape index (κ2) is 8.60. The number of nitrogens with zero attached hydrogens (tertiary/aromatic N) is 2. The lowest BCUT2D eigenvalue weighted by Gasteiger charge is -2.02. The fourth-order valence-electron chi connectivity index (χ4n) is 1.11. The summed E-state index contributed by atoms with van der Waals surface area (Å²) >= 11 is 0. The third-order valence-electron chi connectivity index (χ3n) is 1.84. The molecular weight excluding hydrogens is 196 g/mol. The molecule has 16 heavy (non-hydrogen) atoms. The van der Waals surface area contributed by atoms with Crippen molar-refractivity contribution < 1.29 is 0 Å². The Balaban J connectivity index is 0.00000106. The Morgan fingerprint density at radius 1 is 1.38 bits per heavy atom. The highest BCUT2D eigenvalue weighted by Gasteiger charge is 2.00. The molecule has 0 amide bonds. The first-order chi connectivity index (χ1) is 7.79. The summed E-state index contributed by atoms with van der Waals surface area (Å²) in [6.07, 6.45) is 9.14. The molecule has 1 aromatic rings. The molecule has 0 unspecified atom stereocenters. The summed E-state index contributed by atoms with van der Waals surface area (Å²) < 4.78 is 0.